The van der Waals surface area contributed by atoms with Crippen molar-refractivity contribution in [2.24, 2.45) is 5.92 Å². The fourth-order valence-electron chi connectivity index (χ4n) is 3.62. The van der Waals surface area contributed by atoms with Crippen LogP contribution in [-0.4, -0.2) is 49.1 Å². The minimum Gasteiger partial charge on any atom is -0.342 e. The number of rotatable bonds is 7. The molecule has 2 aromatic heterocycles. The first-order valence-corrected chi connectivity index (χ1v) is 9.89. The molecule has 3 heterocycles. The van der Waals surface area contributed by atoms with Crippen LogP contribution in [0.3, 0.4) is 0 Å². The fourth-order valence-corrected chi connectivity index (χ4v) is 3.62. The van der Waals surface area contributed by atoms with E-state index in [4.69, 9.17) is 0 Å². The number of carbonyl (C=O) groups excluding carboxylic acids is 1. The topological polar surface area (TPSA) is 76.8 Å². The van der Waals surface area contributed by atoms with Gasteiger partial charge in [0.25, 0.3) is 0 Å². The van der Waals surface area contributed by atoms with Crippen LogP contribution in [0.4, 0.5) is 4.39 Å². The number of pyridine rings is 1. The van der Waals surface area contributed by atoms with Crippen LogP contribution < -0.4 is 0 Å². The van der Waals surface area contributed by atoms with Crippen molar-refractivity contribution in [3.05, 3.63) is 60.2 Å². The Bertz CT molecular complexity index is 943. The van der Waals surface area contributed by atoms with Crippen molar-refractivity contribution in [1.82, 2.24) is 30.1 Å². The van der Waals surface area contributed by atoms with Gasteiger partial charge in [-0.15, -0.1) is 10.2 Å². The molecule has 0 saturated carbocycles. The van der Waals surface area contributed by atoms with Crippen molar-refractivity contribution < 1.29 is 9.18 Å². The zero-order valence-corrected chi connectivity index (χ0v) is 16.1. The van der Waals surface area contributed by atoms with Crippen LogP contribution in [0.25, 0.3) is 11.4 Å². The maximum atomic E-state index is 13.0. The van der Waals surface area contributed by atoms with Crippen molar-refractivity contribution >= 4 is 5.91 Å². The number of halogens is 1. The van der Waals surface area contributed by atoms with E-state index >= 15 is 0 Å². The van der Waals surface area contributed by atoms with E-state index < -0.39 is 0 Å². The summed E-state index contributed by atoms with van der Waals surface area (Å²) in [5.41, 5.74) is 1.80. The minimum absolute atomic E-state index is 0.174. The van der Waals surface area contributed by atoms with E-state index in [9.17, 15) is 9.18 Å². The number of aromatic nitrogens is 5. The van der Waals surface area contributed by atoms with Gasteiger partial charge < -0.3 is 4.90 Å². The Hall–Kier alpha value is -3.16. The molecule has 1 atom stereocenters. The minimum atomic E-state index is -0.302. The third-order valence-electron chi connectivity index (χ3n) is 5.17. The molecule has 3 aromatic rings. The molecule has 0 radical (unpaired) electrons. The van der Waals surface area contributed by atoms with E-state index in [0.29, 0.717) is 36.7 Å². The maximum Gasteiger partial charge on any atom is 0.222 e. The molecule has 4 rings (SSSR count). The number of benzene rings is 1. The summed E-state index contributed by atoms with van der Waals surface area (Å²) in [5.74, 6) is 0.800. The highest BCUT2D eigenvalue weighted by Gasteiger charge is 2.26. The van der Waals surface area contributed by atoms with Crippen LogP contribution in [0.5, 0.6) is 0 Å². The lowest BCUT2D eigenvalue weighted by Gasteiger charge is -2.16. The molecule has 8 heteroatoms. The Morgan fingerprint density at radius 3 is 2.83 bits per heavy atom. The van der Waals surface area contributed by atoms with E-state index in [1.54, 1.807) is 12.1 Å². The molecule has 29 heavy (non-hydrogen) atoms. The molecular weight excluding hydrogens is 371 g/mol. The molecule has 0 bridgehead atoms. The van der Waals surface area contributed by atoms with Crippen molar-refractivity contribution in [3.8, 4) is 11.4 Å². The molecule has 1 aromatic carbocycles. The number of amides is 1. The predicted octanol–water partition coefficient (Wildman–Crippen LogP) is 2.75. The van der Waals surface area contributed by atoms with Crippen molar-refractivity contribution in [3.63, 3.8) is 0 Å². The number of likely N-dealkylation sites (tertiary alicyclic amines) is 1. The number of hydrogen-bond acceptors (Lipinski definition) is 5. The van der Waals surface area contributed by atoms with E-state index in [-0.39, 0.29) is 11.7 Å². The van der Waals surface area contributed by atoms with E-state index in [1.807, 2.05) is 29.3 Å². The molecule has 0 spiro atoms. The summed E-state index contributed by atoms with van der Waals surface area (Å²) in [6.07, 6.45) is 4.86. The molecule has 1 amide bonds. The van der Waals surface area contributed by atoms with E-state index in [1.165, 1.54) is 16.9 Å². The van der Waals surface area contributed by atoms with Gasteiger partial charge in [-0.25, -0.2) is 4.39 Å². The summed E-state index contributed by atoms with van der Waals surface area (Å²) < 4.78 is 13.0. The molecule has 0 aliphatic carbocycles. The fraction of sp³-hybridized carbons (Fsp3) is 0.381. The van der Waals surface area contributed by atoms with Crippen LogP contribution in [0.1, 0.15) is 25.0 Å². The maximum absolute atomic E-state index is 13.0. The van der Waals surface area contributed by atoms with Crippen molar-refractivity contribution in [2.45, 2.75) is 32.2 Å². The van der Waals surface area contributed by atoms with Gasteiger partial charge in [-0.05, 0) is 66.8 Å². The van der Waals surface area contributed by atoms with Gasteiger partial charge in [-0.3, -0.25) is 9.78 Å². The van der Waals surface area contributed by atoms with Gasteiger partial charge >= 0.3 is 0 Å². The molecule has 1 aliphatic rings. The second-order valence-electron chi connectivity index (χ2n) is 7.34. The smallest absolute Gasteiger partial charge is 0.222 e. The molecule has 150 valence electrons. The number of aryl methyl sites for hydroxylation is 1. The van der Waals surface area contributed by atoms with Gasteiger partial charge in [0.1, 0.15) is 5.82 Å². The van der Waals surface area contributed by atoms with Crippen LogP contribution in [0.15, 0.2) is 48.7 Å². The third-order valence-corrected chi connectivity index (χ3v) is 5.17. The standard InChI is InChI=1S/C21H23FN6O/c22-18-8-6-17(7-9-18)21-24-26-28(25-21)12-3-5-20(29)27-13-10-16(15-27)14-19-4-1-2-11-23-19/h1-2,4,6-9,11,16H,3,5,10,12-15H2. The Balaban J connectivity index is 1.22. The van der Waals surface area contributed by atoms with Crippen LogP contribution in [0, 0.1) is 11.7 Å². The predicted molar refractivity (Wildman–Crippen MR) is 105 cm³/mol. The summed E-state index contributed by atoms with van der Waals surface area (Å²) in [5, 5.41) is 12.3. The summed E-state index contributed by atoms with van der Waals surface area (Å²) in [4.78, 5) is 20.3. The summed E-state index contributed by atoms with van der Waals surface area (Å²) in [7, 11) is 0. The van der Waals surface area contributed by atoms with Gasteiger partial charge in [0.2, 0.25) is 11.7 Å². The van der Waals surface area contributed by atoms with E-state index in [0.717, 1.165) is 31.6 Å². The van der Waals surface area contributed by atoms with E-state index in [2.05, 4.69) is 20.4 Å². The first-order valence-electron chi connectivity index (χ1n) is 9.89. The average molecular weight is 394 g/mol. The summed E-state index contributed by atoms with van der Waals surface area (Å²) in [6.45, 7) is 2.13. The zero-order valence-electron chi connectivity index (χ0n) is 16.1. The lowest BCUT2D eigenvalue weighted by Crippen LogP contribution is -2.29. The number of carbonyl (C=O) groups is 1. The zero-order chi connectivity index (χ0) is 20.1. The van der Waals surface area contributed by atoms with Gasteiger partial charge in [-0.1, -0.05) is 6.07 Å². The third kappa shape index (κ3) is 5.01. The lowest BCUT2D eigenvalue weighted by molar-refractivity contribution is -0.130. The average Bonchev–Trinajstić information content (AvgIpc) is 3.39. The highest BCUT2D eigenvalue weighted by Crippen LogP contribution is 2.21. The molecule has 1 fully saturated rings. The van der Waals surface area contributed by atoms with Crippen LogP contribution in [0.2, 0.25) is 0 Å². The van der Waals surface area contributed by atoms with Crippen molar-refractivity contribution in [2.75, 3.05) is 13.1 Å². The number of nitrogens with zero attached hydrogens (tertiary/aromatic N) is 6. The Morgan fingerprint density at radius 1 is 1.17 bits per heavy atom. The Morgan fingerprint density at radius 2 is 2.03 bits per heavy atom. The van der Waals surface area contributed by atoms with Gasteiger partial charge in [-0.2, -0.15) is 4.80 Å². The molecule has 1 saturated heterocycles. The van der Waals surface area contributed by atoms with Gasteiger partial charge in [0.15, 0.2) is 0 Å². The second kappa shape index (κ2) is 8.89. The Kier molecular flexibility index (Phi) is 5.88. The molecular formula is C21H23FN6O. The second-order valence-corrected chi connectivity index (χ2v) is 7.34. The van der Waals surface area contributed by atoms with Gasteiger partial charge in [0.05, 0.1) is 6.54 Å². The lowest BCUT2D eigenvalue weighted by atomic mass is 10.0. The first kappa shape index (κ1) is 19.2. The first-order chi connectivity index (χ1) is 14.2. The largest absolute Gasteiger partial charge is 0.342 e. The van der Waals surface area contributed by atoms with Crippen LogP contribution >= 0.6 is 0 Å². The van der Waals surface area contributed by atoms with Crippen LogP contribution in [-0.2, 0) is 17.8 Å². The quantitative estimate of drug-likeness (QED) is 0.616. The molecule has 0 N–H and O–H groups in total. The number of hydrogen-bond donors (Lipinski definition) is 0. The normalized spacial score (nSPS) is 16.3. The molecule has 1 unspecified atom stereocenters. The SMILES string of the molecule is O=C(CCCn1nnc(-c2ccc(F)cc2)n1)N1CCC(Cc2ccccn2)C1. The highest BCUT2D eigenvalue weighted by molar-refractivity contribution is 5.76. The summed E-state index contributed by atoms with van der Waals surface area (Å²) in [6, 6.07) is 11.9. The molecule has 7 nitrogen and oxygen atoms in total. The van der Waals surface area contributed by atoms with Crippen molar-refractivity contribution in [1.29, 1.82) is 0 Å². The monoisotopic (exact) mass is 394 g/mol. The summed E-state index contributed by atoms with van der Waals surface area (Å²) >= 11 is 0. The highest BCUT2D eigenvalue weighted by atomic mass is 19.1. The number of tetrazole rings is 1. The Labute approximate surface area is 168 Å². The molecule has 1 aliphatic heterocycles. The van der Waals surface area contributed by atoms with Gasteiger partial charge in [0, 0.05) is 37.0 Å².